The van der Waals surface area contributed by atoms with Gasteiger partial charge in [0.1, 0.15) is 11.9 Å². The van der Waals surface area contributed by atoms with Gasteiger partial charge < -0.3 is 9.63 Å². The van der Waals surface area contributed by atoms with Gasteiger partial charge in [-0.2, -0.15) is 4.98 Å². The number of benzene rings is 1. The van der Waals surface area contributed by atoms with E-state index in [2.05, 4.69) is 10.1 Å². The van der Waals surface area contributed by atoms with E-state index in [1.165, 1.54) is 12.1 Å². The van der Waals surface area contributed by atoms with Gasteiger partial charge in [-0.25, -0.2) is 4.39 Å². The average molecular weight is 250 g/mol. The molecule has 2 rings (SSSR count). The van der Waals surface area contributed by atoms with Gasteiger partial charge in [-0.05, 0) is 38.5 Å². The highest BCUT2D eigenvalue weighted by Crippen LogP contribution is 2.29. The molecule has 1 aromatic carbocycles. The van der Waals surface area contributed by atoms with Crippen LogP contribution in [-0.2, 0) is 5.41 Å². The van der Waals surface area contributed by atoms with Crippen molar-refractivity contribution in [3.8, 4) is 0 Å². The van der Waals surface area contributed by atoms with Gasteiger partial charge in [-0.15, -0.1) is 0 Å². The van der Waals surface area contributed by atoms with E-state index < -0.39 is 11.5 Å². The third-order valence-corrected chi connectivity index (χ3v) is 2.92. The van der Waals surface area contributed by atoms with Crippen LogP contribution in [0.25, 0.3) is 0 Å². The van der Waals surface area contributed by atoms with E-state index in [0.29, 0.717) is 5.82 Å². The smallest absolute Gasteiger partial charge is 0.255 e. The molecule has 2 aromatic rings. The average Bonchev–Trinajstić information content (AvgIpc) is 2.79. The Balaban J connectivity index is 2.37. The SMILES string of the molecule is C[C@H](O)c1nc(C(C)(C)c2ccc(F)cc2)no1. The minimum absolute atomic E-state index is 0.181. The second-order valence-electron chi connectivity index (χ2n) is 4.76. The minimum Gasteiger partial charge on any atom is -0.384 e. The molecule has 0 radical (unpaired) electrons. The highest BCUT2D eigenvalue weighted by molar-refractivity contribution is 5.30. The van der Waals surface area contributed by atoms with E-state index >= 15 is 0 Å². The van der Waals surface area contributed by atoms with Gasteiger partial charge in [0, 0.05) is 0 Å². The van der Waals surface area contributed by atoms with Crippen LogP contribution in [0.1, 0.15) is 44.2 Å². The van der Waals surface area contributed by atoms with Crippen molar-refractivity contribution in [2.75, 3.05) is 0 Å². The van der Waals surface area contributed by atoms with Crippen LogP contribution in [-0.4, -0.2) is 15.2 Å². The van der Waals surface area contributed by atoms with Crippen molar-refractivity contribution >= 4 is 0 Å². The van der Waals surface area contributed by atoms with Crippen molar-refractivity contribution in [1.82, 2.24) is 10.1 Å². The molecule has 4 nitrogen and oxygen atoms in total. The first-order valence-electron chi connectivity index (χ1n) is 5.69. The Kier molecular flexibility index (Phi) is 3.17. The van der Waals surface area contributed by atoms with E-state index in [1.807, 2.05) is 13.8 Å². The van der Waals surface area contributed by atoms with Crippen molar-refractivity contribution in [1.29, 1.82) is 0 Å². The third-order valence-electron chi connectivity index (χ3n) is 2.92. The summed E-state index contributed by atoms with van der Waals surface area (Å²) in [4.78, 5) is 4.16. The lowest BCUT2D eigenvalue weighted by Gasteiger charge is -2.20. The molecule has 0 fully saturated rings. The monoisotopic (exact) mass is 250 g/mol. The summed E-state index contributed by atoms with van der Waals surface area (Å²) in [5.41, 5.74) is 0.367. The lowest BCUT2D eigenvalue weighted by atomic mass is 9.84. The second-order valence-corrected chi connectivity index (χ2v) is 4.76. The lowest BCUT2D eigenvalue weighted by molar-refractivity contribution is 0.151. The number of halogens is 1. The first-order valence-corrected chi connectivity index (χ1v) is 5.69. The summed E-state index contributed by atoms with van der Waals surface area (Å²) in [6, 6.07) is 6.17. The Morgan fingerprint density at radius 2 is 1.89 bits per heavy atom. The summed E-state index contributed by atoms with van der Waals surface area (Å²) in [6.07, 6.45) is -0.796. The van der Waals surface area contributed by atoms with Crippen LogP contribution < -0.4 is 0 Å². The highest BCUT2D eigenvalue weighted by Gasteiger charge is 2.29. The Labute approximate surface area is 104 Å². The predicted octanol–water partition coefficient (Wildman–Crippen LogP) is 2.59. The minimum atomic E-state index is -0.796. The fraction of sp³-hybridized carbons (Fsp3) is 0.385. The maximum absolute atomic E-state index is 12.9. The topological polar surface area (TPSA) is 59.2 Å². The maximum Gasteiger partial charge on any atom is 0.255 e. The molecule has 0 aliphatic heterocycles. The number of hydrogen-bond donors (Lipinski definition) is 1. The molecule has 5 heteroatoms. The standard InChI is InChI=1S/C13H15FN2O2/c1-8(17)11-15-12(16-18-11)13(2,3)9-4-6-10(14)7-5-9/h4-8,17H,1-3H3/t8-/m0/s1. The zero-order valence-corrected chi connectivity index (χ0v) is 10.5. The molecule has 1 N–H and O–H groups in total. The van der Waals surface area contributed by atoms with Crippen LogP contribution in [0.2, 0.25) is 0 Å². The number of aromatic nitrogens is 2. The van der Waals surface area contributed by atoms with E-state index in [1.54, 1.807) is 19.1 Å². The van der Waals surface area contributed by atoms with E-state index in [9.17, 15) is 9.50 Å². The second kappa shape index (κ2) is 4.49. The summed E-state index contributed by atoms with van der Waals surface area (Å²) in [6.45, 7) is 5.38. The van der Waals surface area contributed by atoms with Crippen LogP contribution in [0.3, 0.4) is 0 Å². The molecular formula is C13H15FN2O2. The number of nitrogens with zero attached hydrogens (tertiary/aromatic N) is 2. The van der Waals surface area contributed by atoms with Crippen molar-refractivity contribution in [3.05, 3.63) is 47.4 Å². The molecule has 1 aromatic heterocycles. The first kappa shape index (κ1) is 12.7. The molecule has 0 saturated heterocycles. The molecule has 0 amide bonds. The van der Waals surface area contributed by atoms with Gasteiger partial charge in [0.25, 0.3) is 5.89 Å². The van der Waals surface area contributed by atoms with Gasteiger partial charge in [-0.1, -0.05) is 17.3 Å². The van der Waals surface area contributed by atoms with Gasteiger partial charge in [-0.3, -0.25) is 0 Å². The zero-order valence-electron chi connectivity index (χ0n) is 10.5. The highest BCUT2D eigenvalue weighted by atomic mass is 19.1. The van der Waals surface area contributed by atoms with Gasteiger partial charge in [0.2, 0.25) is 0 Å². The van der Waals surface area contributed by atoms with Gasteiger partial charge in [0.15, 0.2) is 5.82 Å². The van der Waals surface area contributed by atoms with Crippen LogP contribution in [0.4, 0.5) is 4.39 Å². The van der Waals surface area contributed by atoms with E-state index in [0.717, 1.165) is 5.56 Å². The molecule has 0 spiro atoms. The Bertz CT molecular complexity index is 532. The zero-order chi connectivity index (χ0) is 13.3. The number of hydrogen-bond acceptors (Lipinski definition) is 4. The fourth-order valence-corrected chi connectivity index (χ4v) is 1.65. The van der Waals surface area contributed by atoms with Crippen LogP contribution in [0, 0.1) is 5.82 Å². The number of aliphatic hydroxyl groups is 1. The summed E-state index contributed by atoms with van der Waals surface area (Å²) in [7, 11) is 0. The Morgan fingerprint density at radius 3 is 2.39 bits per heavy atom. The maximum atomic E-state index is 12.9. The van der Waals surface area contributed by atoms with Gasteiger partial charge in [0.05, 0.1) is 5.41 Å². The largest absolute Gasteiger partial charge is 0.384 e. The summed E-state index contributed by atoms with van der Waals surface area (Å²) < 4.78 is 17.9. The molecule has 1 heterocycles. The van der Waals surface area contributed by atoms with E-state index in [-0.39, 0.29) is 11.7 Å². The Hall–Kier alpha value is -1.75. The number of aliphatic hydroxyl groups excluding tert-OH is 1. The van der Waals surface area contributed by atoms with Gasteiger partial charge >= 0.3 is 0 Å². The van der Waals surface area contributed by atoms with Crippen LogP contribution >= 0.6 is 0 Å². The summed E-state index contributed by atoms with van der Waals surface area (Å²) in [5.74, 6) is 0.359. The molecule has 0 saturated carbocycles. The molecule has 0 bridgehead atoms. The molecule has 0 aliphatic rings. The van der Waals surface area contributed by atoms with Crippen molar-refractivity contribution < 1.29 is 14.0 Å². The molecular weight excluding hydrogens is 235 g/mol. The molecule has 1 atom stereocenters. The summed E-state index contributed by atoms with van der Waals surface area (Å²) in [5, 5.41) is 13.2. The van der Waals surface area contributed by atoms with Crippen molar-refractivity contribution in [2.24, 2.45) is 0 Å². The first-order chi connectivity index (χ1) is 8.41. The molecule has 0 unspecified atom stereocenters. The van der Waals surface area contributed by atoms with Crippen molar-refractivity contribution in [2.45, 2.75) is 32.3 Å². The molecule has 0 aliphatic carbocycles. The predicted molar refractivity (Wildman–Crippen MR) is 63.5 cm³/mol. The normalized spacial score (nSPS) is 13.6. The quantitative estimate of drug-likeness (QED) is 0.909. The Morgan fingerprint density at radius 1 is 1.28 bits per heavy atom. The fourth-order valence-electron chi connectivity index (χ4n) is 1.65. The van der Waals surface area contributed by atoms with E-state index in [4.69, 9.17) is 4.52 Å². The summed E-state index contributed by atoms with van der Waals surface area (Å²) >= 11 is 0. The van der Waals surface area contributed by atoms with Crippen molar-refractivity contribution in [3.63, 3.8) is 0 Å². The molecule has 96 valence electrons. The van der Waals surface area contributed by atoms with Crippen LogP contribution in [0.5, 0.6) is 0 Å². The molecule has 18 heavy (non-hydrogen) atoms. The van der Waals surface area contributed by atoms with Crippen LogP contribution in [0.15, 0.2) is 28.8 Å². The third kappa shape index (κ3) is 2.26. The number of rotatable bonds is 3. The lowest BCUT2D eigenvalue weighted by Crippen LogP contribution is -2.20.